The zero-order chi connectivity index (χ0) is 17.6. The minimum atomic E-state index is -4.38. The van der Waals surface area contributed by atoms with Gasteiger partial charge in [-0.2, -0.15) is 13.2 Å². The van der Waals surface area contributed by atoms with Gasteiger partial charge in [0.1, 0.15) is 6.10 Å². The van der Waals surface area contributed by atoms with Crippen LogP contribution in [0.4, 0.5) is 13.2 Å². The van der Waals surface area contributed by atoms with Crippen molar-refractivity contribution in [3.63, 3.8) is 0 Å². The fraction of sp³-hybridized carbons (Fsp3) is 0.786. The molecule has 1 fully saturated rings. The molecule has 0 aromatic carbocycles. The highest BCUT2D eigenvalue weighted by Gasteiger charge is 2.41. The first-order valence-corrected chi connectivity index (χ1v) is 7.44. The van der Waals surface area contributed by atoms with E-state index in [4.69, 9.17) is 0 Å². The van der Waals surface area contributed by atoms with Crippen LogP contribution in [0.1, 0.15) is 19.8 Å². The summed E-state index contributed by atoms with van der Waals surface area (Å²) in [5, 5.41) is 32.0. The maximum Gasteiger partial charge on any atom is 0.409 e. The summed E-state index contributed by atoms with van der Waals surface area (Å²) >= 11 is 0. The number of hydrogen-bond acceptors (Lipinski definition) is 5. The fourth-order valence-corrected chi connectivity index (χ4v) is 2.56. The summed E-state index contributed by atoms with van der Waals surface area (Å²) in [5.41, 5.74) is 0. The lowest BCUT2D eigenvalue weighted by atomic mass is 9.92. The van der Waals surface area contributed by atoms with E-state index in [2.05, 4.69) is 5.32 Å². The van der Waals surface area contributed by atoms with Gasteiger partial charge in [-0.05, 0) is 6.42 Å². The second kappa shape index (κ2) is 8.62. The molecular formula is C14H23F3N2O4. The molecule has 6 nitrogen and oxygen atoms in total. The second-order valence-corrected chi connectivity index (χ2v) is 5.49. The zero-order valence-electron chi connectivity index (χ0n) is 12.8. The van der Waals surface area contributed by atoms with Crippen molar-refractivity contribution < 1.29 is 33.3 Å². The third-order valence-electron chi connectivity index (χ3n) is 3.80. The van der Waals surface area contributed by atoms with Crippen LogP contribution < -0.4 is 5.32 Å². The monoisotopic (exact) mass is 340 g/mol. The molecule has 0 spiro atoms. The van der Waals surface area contributed by atoms with Crippen LogP contribution in [-0.2, 0) is 4.79 Å². The van der Waals surface area contributed by atoms with Crippen molar-refractivity contribution in [2.24, 2.45) is 0 Å². The Labute approximate surface area is 132 Å². The number of aliphatic hydroxyl groups is 3. The zero-order valence-corrected chi connectivity index (χ0v) is 12.8. The van der Waals surface area contributed by atoms with Crippen LogP contribution in [0, 0.1) is 0 Å². The number of hydrogen-bond donors (Lipinski definition) is 4. The van der Waals surface area contributed by atoms with Crippen LogP contribution in [0.5, 0.6) is 0 Å². The van der Waals surface area contributed by atoms with Crippen LogP contribution in [0.15, 0.2) is 12.2 Å². The molecule has 134 valence electrons. The van der Waals surface area contributed by atoms with Crippen molar-refractivity contribution in [1.82, 2.24) is 10.2 Å². The van der Waals surface area contributed by atoms with Crippen molar-refractivity contribution in [2.45, 2.75) is 50.2 Å². The number of carbonyl (C=O) groups excluding carboxylic acids is 1. The van der Waals surface area contributed by atoms with E-state index in [0.29, 0.717) is 0 Å². The summed E-state index contributed by atoms with van der Waals surface area (Å²) in [6, 6.07) is -1.54. The van der Waals surface area contributed by atoms with Gasteiger partial charge in [-0.1, -0.05) is 13.0 Å². The van der Waals surface area contributed by atoms with Crippen molar-refractivity contribution >= 4 is 5.91 Å². The van der Waals surface area contributed by atoms with E-state index in [-0.39, 0.29) is 37.9 Å². The van der Waals surface area contributed by atoms with Gasteiger partial charge >= 0.3 is 6.18 Å². The van der Waals surface area contributed by atoms with Gasteiger partial charge in [0.15, 0.2) is 0 Å². The number of allylic oxidation sites excluding steroid dienone is 1. The Morgan fingerprint density at radius 3 is 2.52 bits per heavy atom. The molecule has 1 saturated heterocycles. The van der Waals surface area contributed by atoms with E-state index in [1.807, 2.05) is 0 Å². The van der Waals surface area contributed by atoms with Crippen LogP contribution in [0.2, 0.25) is 0 Å². The summed E-state index contributed by atoms with van der Waals surface area (Å²) < 4.78 is 36.2. The highest BCUT2D eigenvalue weighted by Crippen LogP contribution is 2.20. The lowest BCUT2D eigenvalue weighted by Crippen LogP contribution is -2.66. The van der Waals surface area contributed by atoms with E-state index in [0.717, 1.165) is 6.08 Å². The molecular weight excluding hydrogens is 317 g/mol. The number of nitrogens with one attached hydrogen (secondary N) is 1. The standard InChI is InChI=1S/C14H23F3N2O4/c1-2-11(21)18-9-7-19(6-4-3-5-14(15,16)17)10(8-20)13(23)12(9)22/h3,5,9-10,12-13,20,22-23H,2,4,6-8H2,1H3,(H,18,21). The normalized spacial score (nSPS) is 29.9. The smallest absolute Gasteiger partial charge is 0.395 e. The van der Waals surface area contributed by atoms with Crippen LogP contribution >= 0.6 is 0 Å². The molecule has 4 N–H and O–H groups in total. The van der Waals surface area contributed by atoms with Gasteiger partial charge in [0.05, 0.1) is 24.8 Å². The van der Waals surface area contributed by atoms with E-state index < -0.39 is 37.1 Å². The molecule has 0 aromatic heterocycles. The number of aliphatic hydroxyl groups excluding tert-OH is 3. The van der Waals surface area contributed by atoms with Gasteiger partial charge in [-0.25, -0.2) is 0 Å². The highest BCUT2D eigenvalue weighted by molar-refractivity contribution is 5.75. The molecule has 4 atom stereocenters. The SMILES string of the molecule is CCC(=O)NC1CN(CCC=CC(F)(F)F)C(CO)C(O)C1O. The highest BCUT2D eigenvalue weighted by atomic mass is 19.4. The number of piperidine rings is 1. The number of nitrogens with zero attached hydrogens (tertiary/aromatic N) is 1. The second-order valence-electron chi connectivity index (χ2n) is 5.49. The third-order valence-corrected chi connectivity index (χ3v) is 3.80. The predicted octanol–water partition coefficient (Wildman–Crippen LogP) is -0.212. The van der Waals surface area contributed by atoms with Crippen molar-refractivity contribution in [3.05, 3.63) is 12.2 Å². The van der Waals surface area contributed by atoms with Crippen LogP contribution in [-0.4, -0.2) is 76.3 Å². The van der Waals surface area contributed by atoms with Crippen molar-refractivity contribution in [1.29, 1.82) is 0 Å². The number of amides is 1. The van der Waals surface area contributed by atoms with Crippen LogP contribution in [0.3, 0.4) is 0 Å². The molecule has 0 saturated carbocycles. The van der Waals surface area contributed by atoms with Gasteiger partial charge in [0.2, 0.25) is 5.91 Å². The maximum absolute atomic E-state index is 12.1. The van der Waals surface area contributed by atoms with Gasteiger partial charge in [-0.3, -0.25) is 9.69 Å². The minimum Gasteiger partial charge on any atom is -0.395 e. The molecule has 1 amide bonds. The molecule has 23 heavy (non-hydrogen) atoms. The summed E-state index contributed by atoms with van der Waals surface area (Å²) in [4.78, 5) is 13.0. The van der Waals surface area contributed by atoms with E-state index in [9.17, 15) is 33.3 Å². The molecule has 0 aromatic rings. The quantitative estimate of drug-likeness (QED) is 0.502. The Bertz CT molecular complexity index is 417. The van der Waals surface area contributed by atoms with Crippen molar-refractivity contribution in [3.8, 4) is 0 Å². The first-order valence-electron chi connectivity index (χ1n) is 7.44. The Balaban J connectivity index is 2.70. The number of alkyl halides is 3. The lowest BCUT2D eigenvalue weighted by Gasteiger charge is -2.45. The molecule has 1 rings (SSSR count). The molecule has 1 heterocycles. The molecule has 4 unspecified atom stereocenters. The third kappa shape index (κ3) is 6.09. The maximum atomic E-state index is 12.1. The molecule has 0 aliphatic carbocycles. The Hall–Kier alpha value is -1.16. The van der Waals surface area contributed by atoms with Crippen LogP contribution in [0.25, 0.3) is 0 Å². The first kappa shape index (κ1) is 19.9. The number of likely N-dealkylation sites (tertiary alicyclic amines) is 1. The van der Waals surface area contributed by atoms with Gasteiger partial charge in [-0.15, -0.1) is 0 Å². The van der Waals surface area contributed by atoms with Crippen molar-refractivity contribution in [2.75, 3.05) is 19.7 Å². The fourth-order valence-electron chi connectivity index (χ4n) is 2.56. The summed E-state index contributed by atoms with van der Waals surface area (Å²) in [5.74, 6) is -0.305. The topological polar surface area (TPSA) is 93.0 Å². The largest absolute Gasteiger partial charge is 0.409 e. The molecule has 0 radical (unpaired) electrons. The number of carbonyl (C=O) groups is 1. The molecule has 9 heteroatoms. The molecule has 1 aliphatic heterocycles. The first-order chi connectivity index (χ1) is 10.7. The lowest BCUT2D eigenvalue weighted by molar-refractivity contribution is -0.130. The predicted molar refractivity (Wildman–Crippen MR) is 76.5 cm³/mol. The average molecular weight is 340 g/mol. The minimum absolute atomic E-state index is 0.0628. The number of halogens is 3. The van der Waals surface area contributed by atoms with Gasteiger partial charge < -0.3 is 20.6 Å². The van der Waals surface area contributed by atoms with Gasteiger partial charge in [0, 0.05) is 25.6 Å². The molecule has 0 bridgehead atoms. The van der Waals surface area contributed by atoms with E-state index in [1.54, 1.807) is 11.8 Å². The molecule has 1 aliphatic rings. The Kier molecular flexibility index (Phi) is 7.46. The Morgan fingerprint density at radius 2 is 2.00 bits per heavy atom. The van der Waals surface area contributed by atoms with E-state index >= 15 is 0 Å². The summed E-state index contributed by atoms with van der Waals surface area (Å²) in [7, 11) is 0. The average Bonchev–Trinajstić information content (AvgIpc) is 2.47. The number of rotatable bonds is 6. The van der Waals surface area contributed by atoms with Gasteiger partial charge in [0.25, 0.3) is 0 Å². The van der Waals surface area contributed by atoms with E-state index in [1.165, 1.54) is 0 Å². The summed E-state index contributed by atoms with van der Waals surface area (Å²) in [6.07, 6.45) is -5.57. The Morgan fingerprint density at radius 1 is 1.35 bits per heavy atom. The summed E-state index contributed by atoms with van der Waals surface area (Å²) in [6.45, 7) is 1.47.